The number of nitrogens with zero attached hydrogens (tertiary/aromatic N) is 1. The van der Waals surface area contributed by atoms with Gasteiger partial charge in [-0.3, -0.25) is 19.1 Å². The SMILES string of the molecule is NC(=O)C(OC1CCC=C(C(=O)O)O1)C1CCC(n2ccc(=O)[nH]c2=O)O1.OC1(O)CCCC1. The molecule has 1 aromatic heterocycles. The van der Waals surface area contributed by atoms with Crippen molar-refractivity contribution < 1.29 is 39.1 Å². The molecule has 2 aliphatic heterocycles. The highest BCUT2D eigenvalue weighted by Crippen LogP contribution is 2.31. The molecular weight excluding hydrogens is 454 g/mol. The summed E-state index contributed by atoms with van der Waals surface area (Å²) in [6, 6.07) is 1.19. The van der Waals surface area contributed by atoms with Crippen LogP contribution in [0.3, 0.4) is 0 Å². The first-order chi connectivity index (χ1) is 16.1. The zero-order valence-corrected chi connectivity index (χ0v) is 18.4. The molecule has 3 aliphatic rings. The largest absolute Gasteiger partial charge is 0.475 e. The number of carbonyl (C=O) groups excluding carboxylic acids is 1. The van der Waals surface area contributed by atoms with Crippen LogP contribution in [0.25, 0.3) is 0 Å². The second kappa shape index (κ2) is 11.0. The number of hydrogen-bond donors (Lipinski definition) is 5. The molecule has 0 spiro atoms. The summed E-state index contributed by atoms with van der Waals surface area (Å²) in [5.41, 5.74) is 4.26. The number of ether oxygens (including phenoxy) is 3. The Morgan fingerprint density at radius 3 is 2.47 bits per heavy atom. The van der Waals surface area contributed by atoms with E-state index in [0.29, 0.717) is 38.5 Å². The van der Waals surface area contributed by atoms with Crippen LogP contribution < -0.4 is 17.0 Å². The Bertz CT molecular complexity index is 1020. The highest BCUT2D eigenvalue weighted by Gasteiger charge is 2.39. The number of hydrogen-bond acceptors (Lipinski definition) is 9. The van der Waals surface area contributed by atoms with Gasteiger partial charge in [-0.05, 0) is 38.2 Å². The van der Waals surface area contributed by atoms with Crippen LogP contribution in [0.5, 0.6) is 0 Å². The molecule has 1 aromatic rings. The zero-order valence-electron chi connectivity index (χ0n) is 18.4. The fourth-order valence-electron chi connectivity index (χ4n) is 4.00. The third-order valence-electron chi connectivity index (χ3n) is 5.71. The molecule has 13 heteroatoms. The van der Waals surface area contributed by atoms with Crippen molar-refractivity contribution >= 4 is 11.9 Å². The van der Waals surface area contributed by atoms with E-state index in [1.807, 2.05) is 0 Å². The summed E-state index contributed by atoms with van der Waals surface area (Å²) in [7, 11) is 0. The summed E-state index contributed by atoms with van der Waals surface area (Å²) < 4.78 is 17.7. The van der Waals surface area contributed by atoms with Crippen molar-refractivity contribution in [2.75, 3.05) is 0 Å². The van der Waals surface area contributed by atoms with Gasteiger partial charge in [-0.25, -0.2) is 9.59 Å². The fraction of sp³-hybridized carbons (Fsp3) is 0.619. The van der Waals surface area contributed by atoms with Crippen molar-refractivity contribution in [3.8, 4) is 0 Å². The van der Waals surface area contributed by atoms with E-state index in [1.165, 1.54) is 22.9 Å². The molecule has 4 atom stereocenters. The molecule has 13 nitrogen and oxygen atoms in total. The molecule has 1 amide bonds. The number of H-pyrrole nitrogens is 1. The number of nitrogens with one attached hydrogen (secondary N) is 1. The van der Waals surface area contributed by atoms with Crippen LogP contribution in [0.1, 0.15) is 57.6 Å². The van der Waals surface area contributed by atoms with E-state index in [-0.39, 0.29) is 5.76 Å². The van der Waals surface area contributed by atoms with Gasteiger partial charge in [0.2, 0.25) is 18.0 Å². The van der Waals surface area contributed by atoms with Crippen molar-refractivity contribution in [3.63, 3.8) is 0 Å². The lowest BCUT2D eigenvalue weighted by Crippen LogP contribution is -2.44. The molecule has 0 radical (unpaired) electrons. The third-order valence-corrected chi connectivity index (χ3v) is 5.71. The van der Waals surface area contributed by atoms with Crippen molar-refractivity contribution in [1.82, 2.24) is 9.55 Å². The second-order valence-corrected chi connectivity index (χ2v) is 8.37. The zero-order chi connectivity index (χ0) is 24.9. The van der Waals surface area contributed by atoms with Crippen molar-refractivity contribution in [3.05, 3.63) is 44.9 Å². The van der Waals surface area contributed by atoms with Gasteiger partial charge in [-0.2, -0.15) is 0 Å². The molecule has 0 aromatic carbocycles. The molecule has 4 rings (SSSR count). The van der Waals surface area contributed by atoms with E-state index in [9.17, 15) is 19.2 Å². The number of carboxylic acid groups (broad SMARTS) is 1. The number of aliphatic hydroxyl groups is 2. The van der Waals surface area contributed by atoms with Crippen molar-refractivity contribution in [2.24, 2.45) is 5.73 Å². The van der Waals surface area contributed by atoms with Crippen LogP contribution in [-0.4, -0.2) is 61.0 Å². The van der Waals surface area contributed by atoms with Crippen LogP contribution in [0, 0.1) is 0 Å². The third kappa shape index (κ3) is 6.76. The maximum atomic E-state index is 11.9. The van der Waals surface area contributed by atoms with E-state index < -0.39 is 53.6 Å². The number of nitrogens with two attached hydrogens (primary N) is 1. The predicted octanol–water partition coefficient (Wildman–Crippen LogP) is -0.569. The van der Waals surface area contributed by atoms with Crippen LogP contribution in [-0.2, 0) is 23.8 Å². The number of allylic oxidation sites excluding steroid dienone is 1. The molecule has 1 saturated carbocycles. The first-order valence-corrected chi connectivity index (χ1v) is 11.0. The van der Waals surface area contributed by atoms with Crippen LogP contribution in [0.4, 0.5) is 0 Å². The Balaban J connectivity index is 0.000000396. The molecule has 1 saturated heterocycles. The second-order valence-electron chi connectivity index (χ2n) is 8.37. The highest BCUT2D eigenvalue weighted by molar-refractivity contribution is 5.84. The number of aromatic nitrogens is 2. The summed E-state index contributed by atoms with van der Waals surface area (Å²) in [4.78, 5) is 48.0. The van der Waals surface area contributed by atoms with Crippen LogP contribution in [0.15, 0.2) is 33.7 Å². The fourth-order valence-corrected chi connectivity index (χ4v) is 4.00. The normalized spacial score (nSPS) is 26.5. The smallest absolute Gasteiger partial charge is 0.370 e. The van der Waals surface area contributed by atoms with E-state index in [0.717, 1.165) is 12.8 Å². The molecule has 3 heterocycles. The van der Waals surface area contributed by atoms with Crippen molar-refractivity contribution in [2.45, 2.75) is 81.9 Å². The van der Waals surface area contributed by atoms with Gasteiger partial charge in [0.1, 0.15) is 6.23 Å². The molecular formula is C21H29N3O10. The molecule has 6 N–H and O–H groups in total. The average Bonchev–Trinajstić information content (AvgIpc) is 3.41. The number of carboxylic acids is 1. The Kier molecular flexibility index (Phi) is 8.25. The summed E-state index contributed by atoms with van der Waals surface area (Å²) >= 11 is 0. The number of amides is 1. The number of rotatable bonds is 6. The van der Waals surface area contributed by atoms with Gasteiger partial charge in [0.15, 0.2) is 11.9 Å². The highest BCUT2D eigenvalue weighted by atomic mass is 16.7. The minimum Gasteiger partial charge on any atom is -0.475 e. The minimum absolute atomic E-state index is 0.250. The standard InChI is InChI=1S/C16H19N3O8.C5H10O2/c17-14(21)13(27-12-3-1-2-9(26-12)15(22)23)8-4-5-11(25-8)19-7-6-10(20)18-16(19)24;6-5(7)3-1-2-4-5/h2,6-8,11-13H,1,3-5H2,(H2,17,21)(H,22,23)(H,18,20,24);6-7H,1-4H2. The Morgan fingerprint density at radius 1 is 1.21 bits per heavy atom. The summed E-state index contributed by atoms with van der Waals surface area (Å²) in [6.45, 7) is 0. The lowest BCUT2D eigenvalue weighted by molar-refractivity contribution is -0.196. The maximum Gasteiger partial charge on any atom is 0.370 e. The van der Waals surface area contributed by atoms with Gasteiger partial charge in [-0.1, -0.05) is 0 Å². The monoisotopic (exact) mass is 483 g/mol. The van der Waals surface area contributed by atoms with Crippen LogP contribution in [0.2, 0.25) is 0 Å². The molecule has 4 unspecified atom stereocenters. The van der Waals surface area contributed by atoms with E-state index in [1.54, 1.807) is 0 Å². The lowest BCUT2D eigenvalue weighted by Gasteiger charge is -2.29. The Labute approximate surface area is 193 Å². The first-order valence-electron chi connectivity index (χ1n) is 11.0. The Morgan fingerprint density at radius 2 is 1.91 bits per heavy atom. The van der Waals surface area contributed by atoms with Gasteiger partial charge in [0.05, 0.1) is 6.10 Å². The quantitative estimate of drug-likeness (QED) is 0.326. The minimum atomic E-state index is -1.31. The molecule has 188 valence electrons. The molecule has 2 fully saturated rings. The first kappa shape index (κ1) is 25.6. The average molecular weight is 483 g/mol. The predicted molar refractivity (Wildman–Crippen MR) is 114 cm³/mol. The maximum absolute atomic E-state index is 11.9. The van der Waals surface area contributed by atoms with Crippen LogP contribution >= 0.6 is 0 Å². The van der Waals surface area contributed by atoms with E-state index in [2.05, 4.69) is 4.98 Å². The van der Waals surface area contributed by atoms with Gasteiger partial charge in [-0.15, -0.1) is 0 Å². The van der Waals surface area contributed by atoms with Gasteiger partial charge in [0.25, 0.3) is 5.56 Å². The molecule has 1 aliphatic carbocycles. The van der Waals surface area contributed by atoms with Gasteiger partial charge in [0, 0.05) is 31.5 Å². The number of primary amides is 1. The number of carbonyl (C=O) groups is 2. The summed E-state index contributed by atoms with van der Waals surface area (Å²) in [5, 5.41) is 26.5. The summed E-state index contributed by atoms with van der Waals surface area (Å²) in [6.07, 6.45) is 3.78. The topological polar surface area (TPSA) is 203 Å². The lowest BCUT2D eigenvalue weighted by atomic mass is 10.1. The van der Waals surface area contributed by atoms with Crippen molar-refractivity contribution in [1.29, 1.82) is 0 Å². The Hall–Kier alpha value is -3.00. The summed E-state index contributed by atoms with van der Waals surface area (Å²) in [5.74, 6) is -3.57. The van der Waals surface area contributed by atoms with Gasteiger partial charge >= 0.3 is 11.7 Å². The molecule has 0 bridgehead atoms. The van der Waals surface area contributed by atoms with E-state index >= 15 is 0 Å². The van der Waals surface area contributed by atoms with E-state index in [4.69, 9.17) is 35.3 Å². The molecule has 34 heavy (non-hydrogen) atoms. The number of aromatic amines is 1. The van der Waals surface area contributed by atoms with Gasteiger partial charge < -0.3 is 35.3 Å². The number of aliphatic carboxylic acids is 1.